The molecule has 0 fully saturated rings. The number of hydrogen-bond acceptors (Lipinski definition) is 5. The zero-order valence-corrected chi connectivity index (χ0v) is 18.7. The molecule has 1 aromatic heterocycles. The number of esters is 1. The summed E-state index contributed by atoms with van der Waals surface area (Å²) in [5, 5.41) is 5.47. The van der Waals surface area contributed by atoms with Crippen molar-refractivity contribution in [3.63, 3.8) is 0 Å². The van der Waals surface area contributed by atoms with Gasteiger partial charge < -0.3 is 15.4 Å². The third kappa shape index (κ3) is 5.52. The van der Waals surface area contributed by atoms with Gasteiger partial charge in [-0.25, -0.2) is 4.79 Å². The van der Waals surface area contributed by atoms with Gasteiger partial charge in [-0.1, -0.05) is 17.7 Å². The van der Waals surface area contributed by atoms with Crippen molar-refractivity contribution in [1.29, 1.82) is 0 Å². The summed E-state index contributed by atoms with van der Waals surface area (Å²) in [6.45, 7) is 1.47. The highest BCUT2D eigenvalue weighted by molar-refractivity contribution is 7.19. The molecule has 0 aliphatic carbocycles. The molecular weight excluding hydrogens is 481 g/mol. The molecule has 0 bridgehead atoms. The van der Waals surface area contributed by atoms with Crippen LogP contribution in [0.2, 0.25) is 5.02 Å². The van der Waals surface area contributed by atoms with Gasteiger partial charge in [0.1, 0.15) is 5.00 Å². The summed E-state index contributed by atoms with van der Waals surface area (Å²) in [5.41, 5.74) is -0.554. The van der Waals surface area contributed by atoms with Crippen molar-refractivity contribution in [3.05, 3.63) is 80.7 Å². The van der Waals surface area contributed by atoms with Gasteiger partial charge in [-0.05, 0) is 55.0 Å². The molecule has 33 heavy (non-hydrogen) atoms. The SMILES string of the molecule is COC(=O)c1c(NC(=O)c2ccc(Cl)cc2)sc(C(=O)Nc2cccc(C(F)(F)F)c2)c1C. The molecule has 172 valence electrons. The van der Waals surface area contributed by atoms with Crippen molar-refractivity contribution in [1.82, 2.24) is 0 Å². The van der Waals surface area contributed by atoms with Gasteiger partial charge in [-0.3, -0.25) is 9.59 Å². The van der Waals surface area contributed by atoms with Crippen LogP contribution in [-0.2, 0) is 10.9 Å². The fourth-order valence-electron chi connectivity index (χ4n) is 2.90. The Kier molecular flexibility index (Phi) is 7.09. The molecule has 0 radical (unpaired) electrons. The Morgan fingerprint density at radius 2 is 1.67 bits per heavy atom. The topological polar surface area (TPSA) is 84.5 Å². The molecule has 3 rings (SSSR count). The summed E-state index contributed by atoms with van der Waals surface area (Å²) < 4.78 is 43.6. The van der Waals surface area contributed by atoms with Crippen LogP contribution in [0.4, 0.5) is 23.9 Å². The first kappa shape index (κ1) is 24.3. The highest BCUT2D eigenvalue weighted by Gasteiger charge is 2.31. The van der Waals surface area contributed by atoms with Gasteiger partial charge in [0, 0.05) is 16.3 Å². The third-order valence-corrected chi connectivity index (χ3v) is 5.98. The predicted molar refractivity (Wildman–Crippen MR) is 119 cm³/mol. The maximum Gasteiger partial charge on any atom is 0.416 e. The summed E-state index contributed by atoms with van der Waals surface area (Å²) >= 11 is 6.62. The maximum atomic E-state index is 13.0. The molecule has 3 aromatic rings. The highest BCUT2D eigenvalue weighted by Crippen LogP contribution is 2.35. The zero-order valence-electron chi connectivity index (χ0n) is 17.2. The number of nitrogens with one attached hydrogen (secondary N) is 2. The van der Waals surface area contributed by atoms with E-state index in [4.69, 9.17) is 16.3 Å². The van der Waals surface area contributed by atoms with Crippen molar-refractivity contribution >= 4 is 51.4 Å². The van der Waals surface area contributed by atoms with Crippen molar-refractivity contribution < 1.29 is 32.3 Å². The van der Waals surface area contributed by atoms with E-state index < -0.39 is 29.5 Å². The summed E-state index contributed by atoms with van der Waals surface area (Å²) in [5.74, 6) is -2.08. The first-order valence-electron chi connectivity index (χ1n) is 9.28. The predicted octanol–water partition coefficient (Wildman–Crippen LogP) is 6.02. The molecule has 2 N–H and O–H groups in total. The highest BCUT2D eigenvalue weighted by atomic mass is 35.5. The number of anilines is 2. The van der Waals surface area contributed by atoms with Crippen molar-refractivity contribution in [2.75, 3.05) is 17.7 Å². The summed E-state index contributed by atoms with van der Waals surface area (Å²) in [7, 11) is 1.15. The number of thiophene rings is 1. The number of amides is 2. The summed E-state index contributed by atoms with van der Waals surface area (Å²) in [4.78, 5) is 37.8. The number of ether oxygens (including phenoxy) is 1. The number of halogens is 4. The lowest BCUT2D eigenvalue weighted by Crippen LogP contribution is -2.14. The number of alkyl halides is 3. The lowest BCUT2D eigenvalue weighted by Gasteiger charge is -2.09. The van der Waals surface area contributed by atoms with Crippen LogP contribution in [0.3, 0.4) is 0 Å². The number of benzene rings is 2. The van der Waals surface area contributed by atoms with Crippen LogP contribution in [0.25, 0.3) is 0 Å². The molecule has 0 unspecified atom stereocenters. The summed E-state index contributed by atoms with van der Waals surface area (Å²) in [6, 6.07) is 10.2. The van der Waals surface area contributed by atoms with Crippen LogP contribution in [0.5, 0.6) is 0 Å². The second kappa shape index (κ2) is 9.63. The Hall–Kier alpha value is -3.37. The van der Waals surface area contributed by atoms with Gasteiger partial charge in [0.25, 0.3) is 11.8 Å². The fraction of sp³-hybridized carbons (Fsp3) is 0.136. The van der Waals surface area contributed by atoms with E-state index in [-0.39, 0.29) is 32.3 Å². The van der Waals surface area contributed by atoms with E-state index in [0.717, 1.165) is 36.6 Å². The molecule has 1 heterocycles. The molecule has 2 aromatic carbocycles. The van der Waals surface area contributed by atoms with Crippen LogP contribution < -0.4 is 10.6 Å². The molecule has 0 atom stereocenters. The van der Waals surface area contributed by atoms with Gasteiger partial charge in [0.2, 0.25) is 0 Å². The smallest absolute Gasteiger partial charge is 0.416 e. The largest absolute Gasteiger partial charge is 0.465 e. The van der Waals surface area contributed by atoms with E-state index in [9.17, 15) is 27.6 Å². The number of hydrogen-bond donors (Lipinski definition) is 2. The maximum absolute atomic E-state index is 13.0. The van der Waals surface area contributed by atoms with E-state index in [1.165, 1.54) is 37.3 Å². The van der Waals surface area contributed by atoms with Gasteiger partial charge >= 0.3 is 12.1 Å². The molecule has 11 heteroatoms. The normalized spacial score (nSPS) is 11.1. The Balaban J connectivity index is 1.92. The van der Waals surface area contributed by atoms with Crippen molar-refractivity contribution in [2.24, 2.45) is 0 Å². The van der Waals surface area contributed by atoms with Gasteiger partial charge in [-0.15, -0.1) is 11.3 Å². The van der Waals surface area contributed by atoms with Crippen LogP contribution in [0, 0.1) is 6.92 Å². The summed E-state index contributed by atoms with van der Waals surface area (Å²) in [6.07, 6.45) is -4.57. The molecule has 0 aliphatic rings. The number of methoxy groups -OCH3 is 1. The molecular formula is C22H16ClF3N2O4S. The Labute approximate surface area is 195 Å². The van der Waals surface area contributed by atoms with E-state index in [1.54, 1.807) is 0 Å². The average Bonchev–Trinajstić information content (AvgIpc) is 3.09. The number of carbonyl (C=O) groups excluding carboxylic acids is 3. The molecule has 0 saturated heterocycles. The molecule has 6 nitrogen and oxygen atoms in total. The van der Waals surface area contributed by atoms with E-state index in [0.29, 0.717) is 5.02 Å². The van der Waals surface area contributed by atoms with E-state index in [2.05, 4.69) is 10.6 Å². The first-order valence-corrected chi connectivity index (χ1v) is 10.5. The minimum atomic E-state index is -4.57. The second-order valence-corrected chi connectivity index (χ2v) is 8.20. The van der Waals surface area contributed by atoms with Crippen molar-refractivity contribution in [3.8, 4) is 0 Å². The number of rotatable bonds is 5. The lowest BCUT2D eigenvalue weighted by molar-refractivity contribution is -0.137. The van der Waals surface area contributed by atoms with Gasteiger partial charge in [-0.2, -0.15) is 13.2 Å². The molecule has 0 spiro atoms. The first-order chi connectivity index (χ1) is 15.5. The Bertz CT molecular complexity index is 1220. The second-order valence-electron chi connectivity index (χ2n) is 6.75. The minimum absolute atomic E-state index is 0.0271. The lowest BCUT2D eigenvalue weighted by atomic mass is 10.1. The molecule has 2 amide bonds. The average molecular weight is 497 g/mol. The van der Waals surface area contributed by atoms with Gasteiger partial charge in [0.05, 0.1) is 23.1 Å². The fourth-order valence-corrected chi connectivity index (χ4v) is 4.11. The van der Waals surface area contributed by atoms with Crippen molar-refractivity contribution in [2.45, 2.75) is 13.1 Å². The Morgan fingerprint density at radius 1 is 1.00 bits per heavy atom. The standard InChI is InChI=1S/C22H16ClF3N2O4S/c1-11-16(21(31)32-2)20(28-18(29)12-6-8-14(23)9-7-12)33-17(11)19(30)27-15-5-3-4-13(10-15)22(24,25)26/h3-10H,1-2H3,(H,27,30)(H,28,29). The van der Waals surface area contributed by atoms with Crippen LogP contribution in [-0.4, -0.2) is 24.9 Å². The van der Waals surface area contributed by atoms with Gasteiger partial charge in [0.15, 0.2) is 0 Å². The quantitative estimate of drug-likeness (QED) is 0.423. The van der Waals surface area contributed by atoms with E-state index >= 15 is 0 Å². The molecule has 0 aliphatic heterocycles. The van der Waals surface area contributed by atoms with Crippen LogP contribution >= 0.6 is 22.9 Å². The Morgan fingerprint density at radius 3 is 2.27 bits per heavy atom. The number of carbonyl (C=O) groups is 3. The minimum Gasteiger partial charge on any atom is -0.465 e. The monoisotopic (exact) mass is 496 g/mol. The molecule has 0 saturated carbocycles. The third-order valence-electron chi connectivity index (χ3n) is 4.52. The van der Waals surface area contributed by atoms with Crippen LogP contribution in [0.1, 0.15) is 41.5 Å². The van der Waals surface area contributed by atoms with Crippen LogP contribution in [0.15, 0.2) is 48.5 Å². The zero-order chi connectivity index (χ0) is 24.3. The van der Waals surface area contributed by atoms with E-state index in [1.807, 2.05) is 0 Å².